The standard InChI is InChI=1S/C17H18N4O4/c1-10-4-5-11(2)14(8-10)21-16(22)7-6-13(19-21)17(23)24-9-15-18-12(3)20-25-15/h4-5,8H,6-7,9H2,1-3H3. The maximum absolute atomic E-state index is 12.2. The van der Waals surface area contributed by atoms with E-state index in [9.17, 15) is 9.59 Å². The zero-order valence-corrected chi connectivity index (χ0v) is 14.3. The number of hydrogen-bond acceptors (Lipinski definition) is 7. The van der Waals surface area contributed by atoms with Gasteiger partial charge in [-0.15, -0.1) is 0 Å². The Morgan fingerprint density at radius 1 is 1.28 bits per heavy atom. The molecular weight excluding hydrogens is 324 g/mol. The predicted molar refractivity (Wildman–Crippen MR) is 88.9 cm³/mol. The van der Waals surface area contributed by atoms with Crippen LogP contribution in [-0.4, -0.2) is 27.7 Å². The van der Waals surface area contributed by atoms with Crippen molar-refractivity contribution in [1.82, 2.24) is 10.1 Å². The first-order valence-corrected chi connectivity index (χ1v) is 7.88. The highest BCUT2D eigenvalue weighted by Crippen LogP contribution is 2.25. The Bertz CT molecular complexity index is 856. The minimum absolute atomic E-state index is 0.129. The number of benzene rings is 1. The maximum atomic E-state index is 12.2. The SMILES string of the molecule is Cc1ccc(C)c(N2N=C(C(=O)OCc3nc(C)no3)CCC2=O)c1. The van der Waals surface area contributed by atoms with Gasteiger partial charge in [0.05, 0.1) is 5.69 Å². The molecule has 8 heteroatoms. The van der Waals surface area contributed by atoms with Crippen molar-refractivity contribution < 1.29 is 18.8 Å². The summed E-state index contributed by atoms with van der Waals surface area (Å²) >= 11 is 0. The van der Waals surface area contributed by atoms with Crippen LogP contribution in [0.25, 0.3) is 0 Å². The van der Waals surface area contributed by atoms with Crippen LogP contribution < -0.4 is 5.01 Å². The molecule has 0 aliphatic carbocycles. The summed E-state index contributed by atoms with van der Waals surface area (Å²) in [5.41, 5.74) is 2.77. The Hall–Kier alpha value is -3.03. The molecule has 25 heavy (non-hydrogen) atoms. The summed E-state index contributed by atoms with van der Waals surface area (Å²) in [4.78, 5) is 28.4. The van der Waals surface area contributed by atoms with E-state index in [2.05, 4.69) is 15.2 Å². The third-order valence-corrected chi connectivity index (χ3v) is 3.76. The fourth-order valence-electron chi connectivity index (χ4n) is 2.45. The normalized spacial score (nSPS) is 14.4. The number of aromatic nitrogens is 2. The lowest BCUT2D eigenvalue weighted by Gasteiger charge is -2.24. The largest absolute Gasteiger partial charge is 0.451 e. The second-order valence-corrected chi connectivity index (χ2v) is 5.85. The second kappa shape index (κ2) is 6.84. The van der Waals surface area contributed by atoms with Gasteiger partial charge < -0.3 is 9.26 Å². The van der Waals surface area contributed by atoms with Crippen LogP contribution in [0.2, 0.25) is 0 Å². The number of rotatable bonds is 4. The zero-order valence-electron chi connectivity index (χ0n) is 14.3. The summed E-state index contributed by atoms with van der Waals surface area (Å²) in [7, 11) is 0. The van der Waals surface area contributed by atoms with Gasteiger partial charge in [0.1, 0.15) is 5.71 Å². The molecule has 0 radical (unpaired) electrons. The molecule has 1 amide bonds. The molecular formula is C17H18N4O4. The molecule has 2 heterocycles. The van der Waals surface area contributed by atoms with Crippen molar-refractivity contribution in [3.05, 3.63) is 41.0 Å². The number of nitrogens with zero attached hydrogens (tertiary/aromatic N) is 4. The first kappa shape index (κ1) is 16.8. The lowest BCUT2D eigenvalue weighted by atomic mass is 10.1. The number of hydrogen-bond donors (Lipinski definition) is 0. The van der Waals surface area contributed by atoms with Gasteiger partial charge in [0.15, 0.2) is 12.4 Å². The van der Waals surface area contributed by atoms with Gasteiger partial charge in [0.25, 0.3) is 5.89 Å². The summed E-state index contributed by atoms with van der Waals surface area (Å²) in [5, 5.41) is 9.11. The van der Waals surface area contributed by atoms with E-state index in [1.807, 2.05) is 32.0 Å². The van der Waals surface area contributed by atoms with Crippen molar-refractivity contribution in [1.29, 1.82) is 0 Å². The van der Waals surface area contributed by atoms with Crippen LogP contribution in [0.1, 0.15) is 35.7 Å². The number of ether oxygens (including phenoxy) is 1. The van der Waals surface area contributed by atoms with E-state index >= 15 is 0 Å². The van der Waals surface area contributed by atoms with Crippen molar-refractivity contribution in [2.24, 2.45) is 5.10 Å². The Kier molecular flexibility index (Phi) is 4.60. The van der Waals surface area contributed by atoms with Gasteiger partial charge in [-0.05, 0) is 38.0 Å². The average molecular weight is 342 g/mol. The molecule has 0 fully saturated rings. The highest BCUT2D eigenvalue weighted by atomic mass is 16.6. The second-order valence-electron chi connectivity index (χ2n) is 5.85. The maximum Gasteiger partial charge on any atom is 0.355 e. The van der Waals surface area contributed by atoms with E-state index < -0.39 is 5.97 Å². The molecule has 1 aliphatic heterocycles. The first-order valence-electron chi connectivity index (χ1n) is 7.88. The van der Waals surface area contributed by atoms with Gasteiger partial charge in [0.2, 0.25) is 5.91 Å². The Morgan fingerprint density at radius 3 is 2.80 bits per heavy atom. The summed E-state index contributed by atoms with van der Waals surface area (Å²) < 4.78 is 10.0. The topological polar surface area (TPSA) is 97.9 Å². The molecule has 130 valence electrons. The summed E-state index contributed by atoms with van der Waals surface area (Å²) in [6.45, 7) is 5.37. The van der Waals surface area contributed by atoms with Crippen LogP contribution in [0.5, 0.6) is 0 Å². The monoisotopic (exact) mass is 342 g/mol. The van der Waals surface area contributed by atoms with Gasteiger partial charge >= 0.3 is 5.97 Å². The molecule has 0 bridgehead atoms. The first-order chi connectivity index (χ1) is 11.9. The van der Waals surface area contributed by atoms with Crippen molar-refractivity contribution in [2.75, 3.05) is 5.01 Å². The molecule has 0 saturated carbocycles. The molecule has 0 atom stereocenters. The molecule has 8 nitrogen and oxygen atoms in total. The molecule has 3 rings (SSSR count). The number of carbonyl (C=O) groups is 2. The Morgan fingerprint density at radius 2 is 2.08 bits per heavy atom. The zero-order chi connectivity index (χ0) is 18.0. The summed E-state index contributed by atoms with van der Waals surface area (Å²) in [6.07, 6.45) is 0.433. The van der Waals surface area contributed by atoms with E-state index in [-0.39, 0.29) is 37.0 Å². The summed E-state index contributed by atoms with van der Waals surface area (Å²) in [6, 6.07) is 5.74. The predicted octanol–water partition coefficient (Wildman–Crippen LogP) is 2.22. The van der Waals surface area contributed by atoms with Gasteiger partial charge in [-0.2, -0.15) is 15.1 Å². The van der Waals surface area contributed by atoms with Crippen LogP contribution in [0.15, 0.2) is 27.8 Å². The molecule has 1 aromatic heterocycles. The van der Waals surface area contributed by atoms with Crippen LogP contribution in [0, 0.1) is 20.8 Å². The lowest BCUT2D eigenvalue weighted by molar-refractivity contribution is -0.137. The van der Waals surface area contributed by atoms with Gasteiger partial charge in [-0.3, -0.25) is 4.79 Å². The third-order valence-electron chi connectivity index (χ3n) is 3.76. The molecule has 1 aromatic carbocycles. The molecule has 1 aliphatic rings. The van der Waals surface area contributed by atoms with Crippen molar-refractivity contribution in [3.8, 4) is 0 Å². The fraction of sp³-hybridized carbons (Fsp3) is 0.353. The van der Waals surface area contributed by atoms with E-state index in [0.29, 0.717) is 11.5 Å². The van der Waals surface area contributed by atoms with E-state index in [4.69, 9.17) is 9.26 Å². The highest BCUT2D eigenvalue weighted by Gasteiger charge is 2.27. The van der Waals surface area contributed by atoms with Gasteiger partial charge in [0, 0.05) is 12.8 Å². The van der Waals surface area contributed by atoms with Crippen LogP contribution >= 0.6 is 0 Å². The molecule has 2 aromatic rings. The lowest BCUT2D eigenvalue weighted by Crippen LogP contribution is -2.35. The van der Waals surface area contributed by atoms with Crippen LogP contribution in [-0.2, 0) is 20.9 Å². The summed E-state index contributed by atoms with van der Waals surface area (Å²) in [5.74, 6) is -0.0751. The van der Waals surface area contributed by atoms with Crippen molar-refractivity contribution in [3.63, 3.8) is 0 Å². The Labute approximate surface area is 144 Å². The number of esters is 1. The molecule has 0 unspecified atom stereocenters. The van der Waals surface area contributed by atoms with Crippen molar-refractivity contribution in [2.45, 2.75) is 40.2 Å². The quantitative estimate of drug-likeness (QED) is 0.790. The number of hydrazone groups is 1. The van der Waals surface area contributed by atoms with Crippen LogP contribution in [0.3, 0.4) is 0 Å². The molecule has 0 saturated heterocycles. The van der Waals surface area contributed by atoms with E-state index in [1.54, 1.807) is 6.92 Å². The third kappa shape index (κ3) is 3.73. The smallest absolute Gasteiger partial charge is 0.355 e. The van der Waals surface area contributed by atoms with E-state index in [1.165, 1.54) is 5.01 Å². The Balaban J connectivity index is 1.78. The number of aryl methyl sites for hydroxylation is 3. The number of amides is 1. The number of carbonyl (C=O) groups excluding carboxylic acids is 2. The fourth-order valence-corrected chi connectivity index (χ4v) is 2.45. The van der Waals surface area contributed by atoms with Crippen molar-refractivity contribution >= 4 is 23.3 Å². The number of anilines is 1. The molecule has 0 spiro atoms. The minimum Gasteiger partial charge on any atom is -0.451 e. The molecule has 0 N–H and O–H groups in total. The average Bonchev–Trinajstić information content (AvgIpc) is 3.01. The van der Waals surface area contributed by atoms with E-state index in [0.717, 1.165) is 11.1 Å². The minimum atomic E-state index is -0.598. The van der Waals surface area contributed by atoms with Crippen LogP contribution in [0.4, 0.5) is 5.69 Å². The van der Waals surface area contributed by atoms with Gasteiger partial charge in [-0.25, -0.2) is 4.79 Å². The van der Waals surface area contributed by atoms with Gasteiger partial charge in [-0.1, -0.05) is 17.3 Å². The highest BCUT2D eigenvalue weighted by molar-refractivity contribution is 6.38.